The quantitative estimate of drug-likeness (QED) is 0.844. The zero-order valence-electron chi connectivity index (χ0n) is 9.97. The van der Waals surface area contributed by atoms with Crippen LogP contribution < -0.4 is 5.73 Å². The smallest absolute Gasteiger partial charge is 0.131 e. The minimum Gasteiger partial charge on any atom is -0.383 e. The summed E-state index contributed by atoms with van der Waals surface area (Å²) < 4.78 is 0. The molecule has 0 atom stereocenters. The minimum atomic E-state index is 0.581. The Bertz CT molecular complexity index is 526. The van der Waals surface area contributed by atoms with Crippen LogP contribution in [0.15, 0.2) is 40.5 Å². The average molecular weight is 245 g/mol. The van der Waals surface area contributed by atoms with Gasteiger partial charge in [-0.05, 0) is 25.5 Å². The molecule has 17 heavy (non-hydrogen) atoms. The Balaban J connectivity index is 2.33. The van der Waals surface area contributed by atoms with E-state index in [9.17, 15) is 0 Å². The van der Waals surface area contributed by atoms with E-state index in [1.807, 2.05) is 6.07 Å². The van der Waals surface area contributed by atoms with Crippen molar-refractivity contribution in [3.05, 3.63) is 41.7 Å². The van der Waals surface area contributed by atoms with E-state index in [0.29, 0.717) is 5.82 Å². The highest BCUT2D eigenvalue weighted by Gasteiger charge is 2.08. The van der Waals surface area contributed by atoms with Crippen molar-refractivity contribution in [1.82, 2.24) is 9.97 Å². The number of hydrogen-bond acceptors (Lipinski definition) is 4. The first-order valence-corrected chi connectivity index (χ1v) is 6.36. The highest BCUT2D eigenvalue weighted by atomic mass is 32.2. The van der Waals surface area contributed by atoms with E-state index in [2.05, 4.69) is 42.0 Å². The van der Waals surface area contributed by atoms with Gasteiger partial charge in [-0.1, -0.05) is 36.4 Å². The third-order valence-corrected chi connectivity index (χ3v) is 3.53. The Hall–Kier alpha value is -1.55. The number of nitrogen functional groups attached to an aromatic ring is 1. The monoisotopic (exact) mass is 245 g/mol. The van der Waals surface area contributed by atoms with Crippen LogP contribution in [0.2, 0.25) is 0 Å². The van der Waals surface area contributed by atoms with Gasteiger partial charge in [0.2, 0.25) is 0 Å². The molecule has 2 rings (SSSR count). The molecule has 1 aromatic heterocycles. The van der Waals surface area contributed by atoms with Crippen molar-refractivity contribution in [3.63, 3.8) is 0 Å². The lowest BCUT2D eigenvalue weighted by Crippen LogP contribution is -2.00. The van der Waals surface area contributed by atoms with Gasteiger partial charge in [0.25, 0.3) is 0 Å². The van der Waals surface area contributed by atoms with Crippen molar-refractivity contribution < 1.29 is 0 Å². The minimum absolute atomic E-state index is 0.581. The average Bonchev–Trinajstić information content (AvgIpc) is 2.29. The summed E-state index contributed by atoms with van der Waals surface area (Å²) in [5, 5.41) is 0.950. The normalized spacial score (nSPS) is 10.5. The Kier molecular flexibility index (Phi) is 3.64. The molecule has 4 heteroatoms. The maximum absolute atomic E-state index is 5.85. The third-order valence-electron chi connectivity index (χ3n) is 2.50. The fraction of sp³-hybridized carbons (Fsp3) is 0.231. The molecule has 3 nitrogen and oxygen atoms in total. The lowest BCUT2D eigenvalue weighted by molar-refractivity contribution is 0.953. The Labute approximate surface area is 105 Å². The fourth-order valence-electron chi connectivity index (χ4n) is 1.62. The molecule has 0 amide bonds. The standard InChI is InChI=1S/C13H15N3S/c1-3-11-12(14)15-8-16-13(11)17-10-6-4-5-9(2)7-10/h4-8H,3H2,1-2H3,(H2,14,15,16). The number of benzene rings is 1. The van der Waals surface area contributed by atoms with Crippen molar-refractivity contribution >= 4 is 17.6 Å². The maximum Gasteiger partial charge on any atom is 0.131 e. The van der Waals surface area contributed by atoms with Crippen LogP contribution in [0.25, 0.3) is 0 Å². The Morgan fingerprint density at radius 2 is 2.12 bits per heavy atom. The van der Waals surface area contributed by atoms with Crippen molar-refractivity contribution in [1.29, 1.82) is 0 Å². The number of aromatic nitrogens is 2. The van der Waals surface area contributed by atoms with Crippen LogP contribution in [0.5, 0.6) is 0 Å². The van der Waals surface area contributed by atoms with E-state index >= 15 is 0 Å². The van der Waals surface area contributed by atoms with Gasteiger partial charge in [-0.25, -0.2) is 9.97 Å². The lowest BCUT2D eigenvalue weighted by atomic mass is 10.2. The van der Waals surface area contributed by atoms with E-state index in [4.69, 9.17) is 5.73 Å². The van der Waals surface area contributed by atoms with Crippen molar-refractivity contribution in [2.24, 2.45) is 0 Å². The van der Waals surface area contributed by atoms with Gasteiger partial charge in [-0.2, -0.15) is 0 Å². The molecule has 0 aliphatic heterocycles. The summed E-state index contributed by atoms with van der Waals surface area (Å²) in [7, 11) is 0. The molecule has 0 aliphatic carbocycles. The molecular weight excluding hydrogens is 230 g/mol. The van der Waals surface area contributed by atoms with E-state index in [1.165, 1.54) is 16.8 Å². The SMILES string of the molecule is CCc1c(N)ncnc1Sc1cccc(C)c1. The van der Waals surface area contributed by atoms with Crippen LogP contribution >= 0.6 is 11.8 Å². The first kappa shape index (κ1) is 11.9. The highest BCUT2D eigenvalue weighted by molar-refractivity contribution is 7.99. The lowest BCUT2D eigenvalue weighted by Gasteiger charge is -2.08. The van der Waals surface area contributed by atoms with Crippen LogP contribution in [0, 0.1) is 6.92 Å². The largest absolute Gasteiger partial charge is 0.383 e. The summed E-state index contributed by atoms with van der Waals surface area (Å²) >= 11 is 1.64. The number of nitrogens with two attached hydrogens (primary N) is 1. The number of rotatable bonds is 3. The first-order valence-electron chi connectivity index (χ1n) is 5.54. The fourth-order valence-corrected chi connectivity index (χ4v) is 2.71. The van der Waals surface area contributed by atoms with Gasteiger partial charge in [-0.15, -0.1) is 0 Å². The molecule has 88 valence electrons. The highest BCUT2D eigenvalue weighted by Crippen LogP contribution is 2.30. The molecule has 0 spiro atoms. The topological polar surface area (TPSA) is 51.8 Å². The molecule has 0 fully saturated rings. The van der Waals surface area contributed by atoms with E-state index in [1.54, 1.807) is 11.8 Å². The second kappa shape index (κ2) is 5.19. The molecule has 1 heterocycles. The predicted molar refractivity (Wildman–Crippen MR) is 71.1 cm³/mol. The van der Waals surface area contributed by atoms with Gasteiger partial charge in [0.1, 0.15) is 17.2 Å². The number of hydrogen-bond donors (Lipinski definition) is 1. The molecule has 0 unspecified atom stereocenters. The van der Waals surface area contributed by atoms with Gasteiger partial charge in [0.15, 0.2) is 0 Å². The second-order valence-electron chi connectivity index (χ2n) is 3.81. The van der Waals surface area contributed by atoms with Gasteiger partial charge in [0, 0.05) is 10.5 Å². The molecule has 2 aromatic rings. The molecule has 0 saturated heterocycles. The first-order chi connectivity index (χ1) is 8.20. The molecule has 2 N–H and O–H groups in total. The van der Waals surface area contributed by atoms with Crippen molar-refractivity contribution in [2.45, 2.75) is 30.2 Å². The Morgan fingerprint density at radius 1 is 1.29 bits per heavy atom. The van der Waals surface area contributed by atoms with Crippen LogP contribution in [-0.4, -0.2) is 9.97 Å². The van der Waals surface area contributed by atoms with Crippen LogP contribution in [0.1, 0.15) is 18.1 Å². The maximum atomic E-state index is 5.85. The van der Waals surface area contributed by atoms with Crippen LogP contribution in [-0.2, 0) is 6.42 Å². The Morgan fingerprint density at radius 3 is 2.82 bits per heavy atom. The molecule has 0 aliphatic rings. The summed E-state index contributed by atoms with van der Waals surface area (Å²) in [6, 6.07) is 8.35. The van der Waals surface area contributed by atoms with Gasteiger partial charge in [0.05, 0.1) is 0 Å². The summed E-state index contributed by atoms with van der Waals surface area (Å²) in [4.78, 5) is 9.51. The summed E-state index contributed by atoms with van der Waals surface area (Å²) in [6.07, 6.45) is 2.37. The summed E-state index contributed by atoms with van der Waals surface area (Å²) in [6.45, 7) is 4.15. The van der Waals surface area contributed by atoms with Crippen molar-refractivity contribution in [3.8, 4) is 0 Å². The van der Waals surface area contributed by atoms with E-state index in [-0.39, 0.29) is 0 Å². The zero-order valence-corrected chi connectivity index (χ0v) is 10.8. The van der Waals surface area contributed by atoms with Crippen molar-refractivity contribution in [2.75, 3.05) is 5.73 Å². The number of anilines is 1. The number of nitrogens with zero attached hydrogens (tertiary/aromatic N) is 2. The summed E-state index contributed by atoms with van der Waals surface area (Å²) in [5.74, 6) is 0.581. The van der Waals surface area contributed by atoms with E-state index in [0.717, 1.165) is 17.0 Å². The molecular formula is C13H15N3S. The molecule has 0 radical (unpaired) electrons. The molecule has 1 aromatic carbocycles. The van der Waals surface area contributed by atoms with Crippen LogP contribution in [0.4, 0.5) is 5.82 Å². The predicted octanol–water partition coefficient (Wildman–Crippen LogP) is 3.08. The summed E-state index contributed by atoms with van der Waals surface area (Å²) in [5.41, 5.74) is 8.12. The van der Waals surface area contributed by atoms with Gasteiger partial charge in [-0.3, -0.25) is 0 Å². The zero-order chi connectivity index (χ0) is 12.3. The number of aryl methyl sites for hydroxylation is 1. The van der Waals surface area contributed by atoms with Crippen LogP contribution in [0.3, 0.4) is 0 Å². The second-order valence-corrected chi connectivity index (χ2v) is 4.88. The molecule has 0 saturated carbocycles. The van der Waals surface area contributed by atoms with Gasteiger partial charge < -0.3 is 5.73 Å². The van der Waals surface area contributed by atoms with Gasteiger partial charge >= 0.3 is 0 Å². The van der Waals surface area contributed by atoms with E-state index < -0.39 is 0 Å². The third kappa shape index (κ3) is 2.77. The molecule has 0 bridgehead atoms.